The van der Waals surface area contributed by atoms with Gasteiger partial charge in [0.05, 0.1) is 0 Å². The molecule has 0 bridgehead atoms. The van der Waals surface area contributed by atoms with E-state index in [0.29, 0.717) is 12.8 Å². The van der Waals surface area contributed by atoms with Gasteiger partial charge in [0, 0.05) is 12.8 Å². The lowest BCUT2D eigenvalue weighted by Crippen LogP contribution is -2.18. The number of carboxylic acids is 1. The maximum Gasteiger partial charge on any atom is 0.306 e. The van der Waals surface area contributed by atoms with E-state index in [1.54, 1.807) is 0 Å². The smallest absolute Gasteiger partial charge is 0.306 e. The zero-order chi connectivity index (χ0) is 22.3. The van der Waals surface area contributed by atoms with Crippen LogP contribution < -0.4 is 0 Å². The number of rotatable bonds is 23. The average molecular weight is 427 g/mol. The maximum absolute atomic E-state index is 12.0. The third kappa shape index (κ3) is 21.6. The number of hydrogen-bond acceptors (Lipinski definition) is 3. The standard InChI is InChI=1S/C26H50O4/c1-3-5-6-7-8-9-10-11-12-13-14-15-17-21-24(20-4-2)30-26(29)23-19-16-18-22-25(27)28/h24H,3-23H2,1-2H3,(H,27,28). The lowest BCUT2D eigenvalue weighted by atomic mass is 10.0. The SMILES string of the molecule is CCCCCCCCCCCCCCCC(CCC)OC(=O)CCCCCC(=O)O. The van der Waals surface area contributed by atoms with Crippen molar-refractivity contribution in [3.05, 3.63) is 0 Å². The predicted octanol–water partition coefficient (Wildman–Crippen LogP) is 8.21. The minimum Gasteiger partial charge on any atom is -0.481 e. The van der Waals surface area contributed by atoms with Crippen LogP contribution in [-0.4, -0.2) is 23.1 Å². The van der Waals surface area contributed by atoms with Crippen LogP contribution in [0.15, 0.2) is 0 Å². The molecule has 1 N–H and O–H groups in total. The molecule has 0 saturated carbocycles. The highest BCUT2D eigenvalue weighted by Gasteiger charge is 2.13. The summed E-state index contributed by atoms with van der Waals surface area (Å²) in [5.74, 6) is -0.878. The molecule has 0 fully saturated rings. The third-order valence-corrected chi connectivity index (χ3v) is 5.81. The van der Waals surface area contributed by atoms with Crippen molar-refractivity contribution in [3.63, 3.8) is 0 Å². The summed E-state index contributed by atoms with van der Waals surface area (Å²) in [6.07, 6.45) is 23.3. The first-order chi connectivity index (χ1) is 14.6. The molecule has 0 aliphatic heterocycles. The van der Waals surface area contributed by atoms with Crippen LogP contribution in [-0.2, 0) is 14.3 Å². The largest absolute Gasteiger partial charge is 0.481 e. The first-order valence-electron chi connectivity index (χ1n) is 13.0. The molecule has 0 amide bonds. The van der Waals surface area contributed by atoms with Crippen LogP contribution in [0.2, 0.25) is 0 Å². The molecular weight excluding hydrogens is 376 g/mol. The molecule has 0 aromatic rings. The van der Waals surface area contributed by atoms with Gasteiger partial charge in [-0.05, 0) is 32.1 Å². The second-order valence-corrected chi connectivity index (χ2v) is 8.89. The first-order valence-corrected chi connectivity index (χ1v) is 13.0. The number of unbranched alkanes of at least 4 members (excludes halogenated alkanes) is 14. The van der Waals surface area contributed by atoms with E-state index in [1.807, 2.05) is 0 Å². The molecular formula is C26H50O4. The monoisotopic (exact) mass is 426 g/mol. The topological polar surface area (TPSA) is 63.6 Å². The van der Waals surface area contributed by atoms with Crippen molar-refractivity contribution in [3.8, 4) is 0 Å². The van der Waals surface area contributed by atoms with E-state index in [2.05, 4.69) is 13.8 Å². The molecule has 0 aromatic heterocycles. The van der Waals surface area contributed by atoms with Gasteiger partial charge in [-0.15, -0.1) is 0 Å². The van der Waals surface area contributed by atoms with Gasteiger partial charge in [-0.2, -0.15) is 0 Å². The molecule has 0 spiro atoms. The van der Waals surface area contributed by atoms with Crippen LogP contribution in [0.1, 0.15) is 149 Å². The summed E-state index contributed by atoms with van der Waals surface area (Å²) < 4.78 is 5.67. The Morgan fingerprint density at radius 2 is 1.07 bits per heavy atom. The number of carbonyl (C=O) groups is 2. The summed E-state index contributed by atoms with van der Waals surface area (Å²) in [7, 11) is 0. The van der Waals surface area contributed by atoms with E-state index in [4.69, 9.17) is 9.84 Å². The number of esters is 1. The van der Waals surface area contributed by atoms with Gasteiger partial charge >= 0.3 is 11.9 Å². The van der Waals surface area contributed by atoms with E-state index in [9.17, 15) is 9.59 Å². The summed E-state index contributed by atoms with van der Waals surface area (Å²) in [5, 5.41) is 8.63. The molecule has 30 heavy (non-hydrogen) atoms. The van der Waals surface area contributed by atoms with Crippen LogP contribution in [0.5, 0.6) is 0 Å². The molecule has 0 rings (SSSR count). The van der Waals surface area contributed by atoms with Gasteiger partial charge in [0.1, 0.15) is 6.10 Å². The highest BCUT2D eigenvalue weighted by atomic mass is 16.5. The number of carbonyl (C=O) groups excluding carboxylic acids is 1. The fourth-order valence-corrected chi connectivity index (χ4v) is 3.94. The predicted molar refractivity (Wildman–Crippen MR) is 126 cm³/mol. The molecule has 0 aromatic carbocycles. The lowest BCUT2D eigenvalue weighted by molar-refractivity contribution is -0.150. The number of ether oxygens (including phenoxy) is 1. The van der Waals surface area contributed by atoms with Crippen molar-refractivity contribution in [2.24, 2.45) is 0 Å². The second-order valence-electron chi connectivity index (χ2n) is 8.89. The fourth-order valence-electron chi connectivity index (χ4n) is 3.94. The zero-order valence-corrected chi connectivity index (χ0v) is 20.1. The fraction of sp³-hybridized carbons (Fsp3) is 0.923. The highest BCUT2D eigenvalue weighted by molar-refractivity contribution is 5.69. The summed E-state index contributed by atoms with van der Waals surface area (Å²) in [5.41, 5.74) is 0. The van der Waals surface area contributed by atoms with Gasteiger partial charge in [-0.3, -0.25) is 9.59 Å². The Hall–Kier alpha value is -1.06. The Kier molecular flexibility index (Phi) is 21.8. The lowest BCUT2D eigenvalue weighted by Gasteiger charge is -2.17. The number of carboxylic acid groups (broad SMARTS) is 1. The van der Waals surface area contributed by atoms with Crippen LogP contribution in [0.3, 0.4) is 0 Å². The minimum absolute atomic E-state index is 0.0641. The molecule has 0 saturated heterocycles. The third-order valence-electron chi connectivity index (χ3n) is 5.81. The second kappa shape index (κ2) is 22.6. The summed E-state index contributed by atoms with van der Waals surface area (Å²) >= 11 is 0. The van der Waals surface area contributed by atoms with Crippen molar-refractivity contribution in [1.82, 2.24) is 0 Å². The van der Waals surface area contributed by atoms with Crippen LogP contribution in [0, 0.1) is 0 Å². The molecule has 1 atom stereocenters. The molecule has 178 valence electrons. The first kappa shape index (κ1) is 28.9. The van der Waals surface area contributed by atoms with Gasteiger partial charge in [0.2, 0.25) is 0 Å². The van der Waals surface area contributed by atoms with Gasteiger partial charge < -0.3 is 9.84 Å². The van der Waals surface area contributed by atoms with Crippen molar-refractivity contribution in [1.29, 1.82) is 0 Å². The summed E-state index contributed by atoms with van der Waals surface area (Å²) in [6.45, 7) is 4.41. The Morgan fingerprint density at radius 1 is 0.600 bits per heavy atom. The van der Waals surface area contributed by atoms with Crippen molar-refractivity contribution >= 4 is 11.9 Å². The highest BCUT2D eigenvalue weighted by Crippen LogP contribution is 2.17. The van der Waals surface area contributed by atoms with E-state index < -0.39 is 5.97 Å². The van der Waals surface area contributed by atoms with Gasteiger partial charge in [0.25, 0.3) is 0 Å². The van der Waals surface area contributed by atoms with Crippen LogP contribution in [0.4, 0.5) is 0 Å². The van der Waals surface area contributed by atoms with E-state index >= 15 is 0 Å². The summed E-state index contributed by atoms with van der Waals surface area (Å²) in [6, 6.07) is 0. The Bertz CT molecular complexity index is 394. The Morgan fingerprint density at radius 3 is 1.57 bits per heavy atom. The van der Waals surface area contributed by atoms with Crippen molar-refractivity contribution < 1.29 is 19.4 Å². The van der Waals surface area contributed by atoms with Gasteiger partial charge in [-0.25, -0.2) is 0 Å². The quantitative estimate of drug-likeness (QED) is 0.132. The summed E-state index contributed by atoms with van der Waals surface area (Å²) in [4.78, 5) is 22.5. The Labute approximate surface area is 186 Å². The molecule has 0 aliphatic carbocycles. The average Bonchev–Trinajstić information content (AvgIpc) is 2.71. The van der Waals surface area contributed by atoms with Crippen molar-refractivity contribution in [2.75, 3.05) is 0 Å². The van der Waals surface area contributed by atoms with Gasteiger partial charge in [0.15, 0.2) is 0 Å². The molecule has 0 radical (unpaired) electrons. The van der Waals surface area contributed by atoms with Crippen LogP contribution >= 0.6 is 0 Å². The molecule has 0 aliphatic rings. The van der Waals surface area contributed by atoms with E-state index in [0.717, 1.165) is 38.5 Å². The molecule has 4 nitrogen and oxygen atoms in total. The van der Waals surface area contributed by atoms with E-state index in [-0.39, 0.29) is 18.5 Å². The van der Waals surface area contributed by atoms with Crippen molar-refractivity contribution in [2.45, 2.75) is 155 Å². The molecule has 1 unspecified atom stereocenters. The maximum atomic E-state index is 12.0. The Balaban J connectivity index is 3.58. The molecule has 0 heterocycles. The normalized spacial score (nSPS) is 12.1. The van der Waals surface area contributed by atoms with Crippen LogP contribution in [0.25, 0.3) is 0 Å². The van der Waals surface area contributed by atoms with Gasteiger partial charge in [-0.1, -0.05) is 104 Å². The number of aliphatic carboxylic acids is 1. The molecule has 4 heteroatoms. The van der Waals surface area contributed by atoms with E-state index in [1.165, 1.54) is 77.0 Å². The zero-order valence-electron chi connectivity index (χ0n) is 20.1. The minimum atomic E-state index is -0.765. The number of hydrogen-bond donors (Lipinski definition) is 1.